The Labute approximate surface area is 119 Å². The van der Waals surface area contributed by atoms with Crippen LogP contribution in [-0.4, -0.2) is 41.8 Å². The second kappa shape index (κ2) is 5.37. The number of nitrogens with zero attached hydrogens (tertiary/aromatic N) is 2. The topological polar surface area (TPSA) is 118 Å². The van der Waals surface area contributed by atoms with Crippen LogP contribution in [0, 0.1) is 21.8 Å². The Morgan fingerprint density at radius 1 is 1.48 bits per heavy atom. The van der Waals surface area contributed by atoms with E-state index in [9.17, 15) is 27.7 Å². The van der Waals surface area contributed by atoms with Gasteiger partial charge in [-0.05, 0) is 12.0 Å². The van der Waals surface area contributed by atoms with Crippen LogP contribution >= 0.6 is 0 Å². The molecule has 2 rings (SSSR count). The van der Waals surface area contributed by atoms with Crippen molar-refractivity contribution in [2.24, 2.45) is 5.92 Å². The van der Waals surface area contributed by atoms with E-state index in [4.69, 9.17) is 5.11 Å². The number of hydrogen-bond acceptors (Lipinski definition) is 5. The van der Waals surface area contributed by atoms with Crippen molar-refractivity contribution in [2.75, 3.05) is 13.1 Å². The van der Waals surface area contributed by atoms with E-state index < -0.39 is 32.4 Å². The Balaban J connectivity index is 2.16. The fraction of sp³-hybridized carbons (Fsp3) is 0.364. The van der Waals surface area contributed by atoms with Crippen LogP contribution in [0.1, 0.15) is 6.42 Å². The van der Waals surface area contributed by atoms with Gasteiger partial charge in [-0.15, -0.1) is 0 Å². The third kappa shape index (κ3) is 3.00. The molecule has 8 nitrogen and oxygen atoms in total. The van der Waals surface area contributed by atoms with Crippen LogP contribution in [0.4, 0.5) is 10.1 Å². The summed E-state index contributed by atoms with van der Waals surface area (Å²) in [6.45, 7) is 0.0699. The molecule has 1 fully saturated rings. The van der Waals surface area contributed by atoms with Crippen molar-refractivity contribution in [3.05, 3.63) is 34.1 Å². The van der Waals surface area contributed by atoms with Gasteiger partial charge in [-0.1, -0.05) is 0 Å². The van der Waals surface area contributed by atoms with Gasteiger partial charge in [0, 0.05) is 25.2 Å². The Morgan fingerprint density at radius 3 is 2.57 bits per heavy atom. The molecule has 1 N–H and O–H groups in total. The van der Waals surface area contributed by atoms with E-state index in [1.807, 2.05) is 0 Å². The summed E-state index contributed by atoms with van der Waals surface area (Å²) in [5.74, 6) is -2.53. The largest absolute Gasteiger partial charge is 0.481 e. The van der Waals surface area contributed by atoms with Crippen LogP contribution in [0.3, 0.4) is 0 Å². The lowest BCUT2D eigenvalue weighted by Crippen LogP contribution is -2.50. The molecule has 0 radical (unpaired) electrons. The zero-order valence-corrected chi connectivity index (χ0v) is 11.4. The lowest BCUT2D eigenvalue weighted by atomic mass is 10.00. The molecule has 0 atom stereocenters. The number of halogens is 1. The number of benzene rings is 1. The van der Waals surface area contributed by atoms with Crippen molar-refractivity contribution in [1.29, 1.82) is 0 Å². The third-order valence-electron chi connectivity index (χ3n) is 3.14. The highest BCUT2D eigenvalue weighted by Crippen LogP contribution is 2.29. The van der Waals surface area contributed by atoms with Crippen LogP contribution < -0.4 is 0 Å². The highest BCUT2D eigenvalue weighted by Gasteiger charge is 2.38. The number of rotatable bonds is 5. The van der Waals surface area contributed by atoms with E-state index in [2.05, 4.69) is 0 Å². The minimum atomic E-state index is -3.96. The van der Waals surface area contributed by atoms with Gasteiger partial charge in [0.05, 0.1) is 16.2 Å². The number of nitro benzene ring substituents is 1. The van der Waals surface area contributed by atoms with E-state index in [-0.39, 0.29) is 30.3 Å². The number of carboxylic acids is 1. The summed E-state index contributed by atoms with van der Waals surface area (Å²) in [6.07, 6.45) is -0.138. The molecule has 1 saturated heterocycles. The second-order valence-corrected chi connectivity index (χ2v) is 6.59. The molecule has 10 heteroatoms. The molecule has 1 aliphatic rings. The van der Waals surface area contributed by atoms with Crippen LogP contribution in [0.2, 0.25) is 0 Å². The zero-order valence-electron chi connectivity index (χ0n) is 10.6. The number of hydrogen-bond donors (Lipinski definition) is 1. The maximum atomic E-state index is 13.5. The van der Waals surface area contributed by atoms with Crippen molar-refractivity contribution in [3.63, 3.8) is 0 Å². The van der Waals surface area contributed by atoms with Gasteiger partial charge in [0.15, 0.2) is 0 Å². The molecule has 0 spiro atoms. The number of nitro groups is 1. The summed E-state index contributed by atoms with van der Waals surface area (Å²) in [5, 5.41) is 19.1. The van der Waals surface area contributed by atoms with E-state index in [1.165, 1.54) is 0 Å². The van der Waals surface area contributed by atoms with Gasteiger partial charge < -0.3 is 5.11 Å². The predicted octanol–water partition coefficient (Wildman–Crippen LogP) is 0.829. The van der Waals surface area contributed by atoms with Crippen LogP contribution in [0.15, 0.2) is 23.1 Å². The Hall–Kier alpha value is -2.07. The minimum Gasteiger partial charge on any atom is -0.481 e. The molecule has 1 aromatic rings. The average molecular weight is 318 g/mol. The van der Waals surface area contributed by atoms with Gasteiger partial charge in [-0.25, -0.2) is 8.42 Å². The smallest absolute Gasteiger partial charge is 0.304 e. The second-order valence-electron chi connectivity index (χ2n) is 4.66. The molecule has 1 heterocycles. The van der Waals surface area contributed by atoms with Gasteiger partial charge in [0.2, 0.25) is 15.8 Å². The zero-order chi connectivity index (χ0) is 15.8. The van der Waals surface area contributed by atoms with Gasteiger partial charge in [-0.3, -0.25) is 14.9 Å². The highest BCUT2D eigenvalue weighted by atomic mass is 32.2. The molecule has 114 valence electrons. The molecule has 0 unspecified atom stereocenters. The molecule has 21 heavy (non-hydrogen) atoms. The number of sulfonamides is 1. The summed E-state index contributed by atoms with van der Waals surface area (Å²) >= 11 is 0. The first kappa shape index (κ1) is 15.3. The monoisotopic (exact) mass is 318 g/mol. The van der Waals surface area contributed by atoms with Crippen molar-refractivity contribution in [2.45, 2.75) is 11.3 Å². The Bertz CT molecular complexity index is 699. The van der Waals surface area contributed by atoms with Crippen molar-refractivity contribution in [1.82, 2.24) is 4.31 Å². The molecule has 0 amide bonds. The minimum absolute atomic E-state index is 0.0350. The Kier molecular flexibility index (Phi) is 3.92. The van der Waals surface area contributed by atoms with Gasteiger partial charge >= 0.3 is 11.7 Å². The number of aliphatic carboxylic acids is 1. The molecular formula is C11H11FN2O6S. The summed E-state index contributed by atoms with van der Waals surface area (Å²) in [7, 11) is -3.96. The fourth-order valence-electron chi connectivity index (χ4n) is 2.04. The molecule has 0 saturated carbocycles. The highest BCUT2D eigenvalue weighted by molar-refractivity contribution is 7.89. The SMILES string of the molecule is O=C(O)CC1CN(S(=O)(=O)c2ccc([N+](=O)[O-])c(F)c2)C1. The quantitative estimate of drug-likeness (QED) is 0.634. The van der Waals surface area contributed by atoms with E-state index in [1.54, 1.807) is 0 Å². The van der Waals surface area contributed by atoms with Crippen molar-refractivity contribution >= 4 is 21.7 Å². The van der Waals surface area contributed by atoms with Crippen LogP contribution in [-0.2, 0) is 14.8 Å². The van der Waals surface area contributed by atoms with E-state index in [0.717, 1.165) is 16.4 Å². The standard InChI is InChI=1S/C11H11FN2O6S/c12-9-4-8(1-2-10(9)14(17)18)21(19,20)13-5-7(6-13)3-11(15)16/h1-2,4,7H,3,5-6H2,(H,15,16). The maximum absolute atomic E-state index is 13.5. The summed E-state index contributed by atoms with van der Waals surface area (Å²) in [6, 6.07) is 2.34. The molecule has 0 aromatic heterocycles. The lowest BCUT2D eigenvalue weighted by molar-refractivity contribution is -0.387. The first-order valence-corrected chi connectivity index (χ1v) is 7.31. The summed E-state index contributed by atoms with van der Waals surface area (Å²) < 4.78 is 38.7. The fourth-order valence-corrected chi connectivity index (χ4v) is 3.64. The molecular weight excluding hydrogens is 307 g/mol. The first-order chi connectivity index (χ1) is 9.71. The average Bonchev–Trinajstić information content (AvgIpc) is 2.32. The maximum Gasteiger partial charge on any atom is 0.304 e. The molecule has 1 aromatic carbocycles. The van der Waals surface area contributed by atoms with Crippen LogP contribution in [0.25, 0.3) is 0 Å². The lowest BCUT2D eigenvalue weighted by Gasteiger charge is -2.37. The number of carboxylic acid groups (broad SMARTS) is 1. The van der Waals surface area contributed by atoms with Crippen molar-refractivity contribution < 1.29 is 27.6 Å². The van der Waals surface area contributed by atoms with Gasteiger partial charge in [0.25, 0.3) is 0 Å². The van der Waals surface area contributed by atoms with Gasteiger partial charge in [-0.2, -0.15) is 8.70 Å². The normalized spacial score (nSPS) is 16.4. The van der Waals surface area contributed by atoms with E-state index in [0.29, 0.717) is 6.07 Å². The number of carbonyl (C=O) groups is 1. The summed E-state index contributed by atoms with van der Waals surface area (Å²) in [5.41, 5.74) is -0.804. The third-order valence-corrected chi connectivity index (χ3v) is 4.97. The summed E-state index contributed by atoms with van der Waals surface area (Å²) in [4.78, 5) is 19.6. The van der Waals surface area contributed by atoms with E-state index >= 15 is 0 Å². The van der Waals surface area contributed by atoms with Gasteiger partial charge in [0.1, 0.15) is 0 Å². The molecule has 1 aliphatic heterocycles. The molecule has 0 bridgehead atoms. The first-order valence-electron chi connectivity index (χ1n) is 5.87. The molecule has 0 aliphatic carbocycles. The Morgan fingerprint density at radius 2 is 2.10 bits per heavy atom. The predicted molar refractivity (Wildman–Crippen MR) is 67.6 cm³/mol. The van der Waals surface area contributed by atoms with Crippen molar-refractivity contribution in [3.8, 4) is 0 Å². The van der Waals surface area contributed by atoms with Crippen LogP contribution in [0.5, 0.6) is 0 Å².